The third-order valence-electron chi connectivity index (χ3n) is 3.46. The van der Waals surface area contributed by atoms with Crippen molar-refractivity contribution in [3.8, 4) is 0 Å². The van der Waals surface area contributed by atoms with Gasteiger partial charge in [-0.2, -0.15) is 0 Å². The average molecular weight is 223 g/mol. The van der Waals surface area contributed by atoms with E-state index in [9.17, 15) is 9.50 Å². The van der Waals surface area contributed by atoms with Gasteiger partial charge >= 0.3 is 0 Å². The highest BCUT2D eigenvalue weighted by atomic mass is 19.1. The Morgan fingerprint density at radius 1 is 1.25 bits per heavy atom. The lowest BCUT2D eigenvalue weighted by atomic mass is 9.82. The summed E-state index contributed by atoms with van der Waals surface area (Å²) < 4.78 is 13.1. The largest absolute Gasteiger partial charge is 0.398 e. The van der Waals surface area contributed by atoms with Crippen LogP contribution in [0.2, 0.25) is 0 Å². The Morgan fingerprint density at radius 3 is 2.62 bits per heavy atom. The molecule has 1 aliphatic rings. The molecule has 3 N–H and O–H groups in total. The van der Waals surface area contributed by atoms with Gasteiger partial charge in [0.05, 0.1) is 6.10 Å². The Kier molecular flexibility index (Phi) is 3.44. The van der Waals surface area contributed by atoms with Crippen LogP contribution in [0.4, 0.5) is 10.1 Å². The van der Waals surface area contributed by atoms with E-state index in [-0.39, 0.29) is 11.7 Å². The van der Waals surface area contributed by atoms with Crippen molar-refractivity contribution < 1.29 is 9.50 Å². The zero-order chi connectivity index (χ0) is 11.5. The van der Waals surface area contributed by atoms with Crippen molar-refractivity contribution in [2.45, 2.75) is 38.2 Å². The number of rotatable bonds is 2. The zero-order valence-corrected chi connectivity index (χ0v) is 9.32. The monoisotopic (exact) mass is 223 g/mol. The van der Waals surface area contributed by atoms with Gasteiger partial charge in [0.15, 0.2) is 0 Å². The van der Waals surface area contributed by atoms with Gasteiger partial charge in [-0.3, -0.25) is 0 Å². The molecule has 0 bridgehead atoms. The van der Waals surface area contributed by atoms with E-state index in [1.54, 1.807) is 0 Å². The standard InChI is InChI=1S/C13H18FNO/c14-10-6-7-12(15)11(8-10)13(16)9-4-2-1-3-5-9/h6-9,13,16H,1-5,15H2. The molecule has 0 radical (unpaired) electrons. The number of benzene rings is 1. The van der Waals surface area contributed by atoms with Crippen molar-refractivity contribution >= 4 is 5.69 Å². The lowest BCUT2D eigenvalue weighted by molar-refractivity contribution is 0.0852. The van der Waals surface area contributed by atoms with Crippen molar-refractivity contribution in [2.75, 3.05) is 5.73 Å². The maximum atomic E-state index is 13.1. The number of hydrogen-bond donors (Lipinski definition) is 2. The van der Waals surface area contributed by atoms with E-state index in [0.29, 0.717) is 11.3 Å². The predicted octanol–water partition coefficient (Wildman–Crippen LogP) is 3.02. The molecule has 0 heterocycles. The van der Waals surface area contributed by atoms with Crippen LogP contribution in [-0.2, 0) is 0 Å². The van der Waals surface area contributed by atoms with Crippen LogP contribution in [-0.4, -0.2) is 5.11 Å². The maximum absolute atomic E-state index is 13.1. The average Bonchev–Trinajstić information content (AvgIpc) is 2.32. The molecular formula is C13H18FNO. The van der Waals surface area contributed by atoms with Gasteiger partial charge in [-0.15, -0.1) is 0 Å². The molecule has 2 nitrogen and oxygen atoms in total. The summed E-state index contributed by atoms with van der Waals surface area (Å²) in [5.74, 6) is -0.100. The molecule has 1 unspecified atom stereocenters. The summed E-state index contributed by atoms with van der Waals surface area (Å²) in [5.41, 5.74) is 6.80. The Hall–Kier alpha value is -1.09. The minimum Gasteiger partial charge on any atom is -0.398 e. The van der Waals surface area contributed by atoms with E-state index < -0.39 is 6.10 Å². The number of anilines is 1. The highest BCUT2D eigenvalue weighted by Gasteiger charge is 2.24. The molecule has 0 aliphatic heterocycles. The summed E-state index contributed by atoms with van der Waals surface area (Å²) in [4.78, 5) is 0. The number of nitrogens with two attached hydrogens (primary N) is 1. The van der Waals surface area contributed by atoms with E-state index in [1.165, 1.54) is 24.6 Å². The number of hydrogen-bond acceptors (Lipinski definition) is 2. The second-order valence-electron chi connectivity index (χ2n) is 4.62. The maximum Gasteiger partial charge on any atom is 0.123 e. The summed E-state index contributed by atoms with van der Waals surface area (Å²) in [6, 6.07) is 4.21. The summed E-state index contributed by atoms with van der Waals surface area (Å²) in [7, 11) is 0. The highest BCUT2D eigenvalue weighted by molar-refractivity contribution is 5.48. The van der Waals surface area contributed by atoms with Gasteiger partial charge < -0.3 is 10.8 Å². The number of nitrogen functional groups attached to an aromatic ring is 1. The quantitative estimate of drug-likeness (QED) is 0.757. The second kappa shape index (κ2) is 4.83. The number of aliphatic hydroxyl groups excluding tert-OH is 1. The van der Waals surface area contributed by atoms with Crippen molar-refractivity contribution in [3.05, 3.63) is 29.6 Å². The number of aliphatic hydroxyl groups is 1. The van der Waals surface area contributed by atoms with Gasteiger partial charge in [0.25, 0.3) is 0 Å². The molecule has 1 aliphatic carbocycles. The molecule has 0 amide bonds. The molecule has 0 spiro atoms. The summed E-state index contributed by atoms with van der Waals surface area (Å²) in [6.45, 7) is 0. The zero-order valence-electron chi connectivity index (χ0n) is 9.32. The van der Waals surface area contributed by atoms with Crippen molar-refractivity contribution in [1.29, 1.82) is 0 Å². The number of halogens is 1. The molecule has 1 fully saturated rings. The first-order valence-electron chi connectivity index (χ1n) is 5.91. The fourth-order valence-electron chi connectivity index (χ4n) is 2.51. The first-order chi connectivity index (χ1) is 7.68. The molecule has 0 saturated heterocycles. The van der Waals surface area contributed by atoms with Gasteiger partial charge in [0, 0.05) is 11.3 Å². The second-order valence-corrected chi connectivity index (χ2v) is 4.62. The highest BCUT2D eigenvalue weighted by Crippen LogP contribution is 2.36. The van der Waals surface area contributed by atoms with Crippen LogP contribution in [0, 0.1) is 11.7 Å². The van der Waals surface area contributed by atoms with E-state index in [2.05, 4.69) is 0 Å². The normalized spacial score (nSPS) is 19.6. The van der Waals surface area contributed by atoms with Crippen LogP contribution >= 0.6 is 0 Å². The fourth-order valence-corrected chi connectivity index (χ4v) is 2.51. The molecule has 1 saturated carbocycles. The van der Waals surface area contributed by atoms with Crippen LogP contribution in [0.25, 0.3) is 0 Å². The van der Waals surface area contributed by atoms with Gasteiger partial charge in [0.1, 0.15) is 5.82 Å². The minimum atomic E-state index is -0.615. The molecular weight excluding hydrogens is 205 g/mol. The molecule has 2 rings (SSSR count). The predicted molar refractivity (Wildman–Crippen MR) is 62.3 cm³/mol. The van der Waals surface area contributed by atoms with Crippen LogP contribution in [0.5, 0.6) is 0 Å². The van der Waals surface area contributed by atoms with Gasteiger partial charge in [-0.1, -0.05) is 19.3 Å². The van der Waals surface area contributed by atoms with E-state index >= 15 is 0 Å². The Balaban J connectivity index is 2.18. The SMILES string of the molecule is Nc1ccc(F)cc1C(O)C1CCCCC1. The summed E-state index contributed by atoms with van der Waals surface area (Å²) in [5, 5.41) is 10.2. The van der Waals surface area contributed by atoms with Crippen LogP contribution in [0.15, 0.2) is 18.2 Å². The minimum absolute atomic E-state index is 0.234. The molecule has 16 heavy (non-hydrogen) atoms. The fraction of sp³-hybridized carbons (Fsp3) is 0.538. The third-order valence-corrected chi connectivity index (χ3v) is 3.46. The third kappa shape index (κ3) is 2.35. The summed E-state index contributed by atoms with van der Waals surface area (Å²) >= 11 is 0. The Morgan fingerprint density at radius 2 is 1.94 bits per heavy atom. The van der Waals surface area contributed by atoms with Crippen LogP contribution < -0.4 is 5.73 Å². The summed E-state index contributed by atoms with van der Waals surface area (Å²) in [6.07, 6.45) is 4.94. The molecule has 0 aromatic heterocycles. The molecule has 88 valence electrons. The van der Waals surface area contributed by atoms with Gasteiger partial charge in [0.2, 0.25) is 0 Å². The van der Waals surface area contributed by atoms with Crippen molar-refractivity contribution in [1.82, 2.24) is 0 Å². The topological polar surface area (TPSA) is 46.2 Å². The molecule has 1 aromatic carbocycles. The van der Waals surface area contributed by atoms with E-state index in [1.807, 2.05) is 0 Å². The van der Waals surface area contributed by atoms with Crippen LogP contribution in [0.3, 0.4) is 0 Å². The van der Waals surface area contributed by atoms with E-state index in [0.717, 1.165) is 25.7 Å². The smallest absolute Gasteiger partial charge is 0.123 e. The van der Waals surface area contributed by atoms with Gasteiger partial charge in [-0.05, 0) is 37.0 Å². The first kappa shape index (κ1) is 11.4. The first-order valence-corrected chi connectivity index (χ1v) is 5.91. The van der Waals surface area contributed by atoms with Crippen LogP contribution in [0.1, 0.15) is 43.8 Å². The molecule has 1 atom stereocenters. The van der Waals surface area contributed by atoms with E-state index in [4.69, 9.17) is 5.73 Å². The molecule has 1 aromatic rings. The Bertz CT molecular complexity index is 361. The van der Waals surface area contributed by atoms with Crippen molar-refractivity contribution in [2.24, 2.45) is 5.92 Å². The lowest BCUT2D eigenvalue weighted by Gasteiger charge is -2.27. The molecule has 3 heteroatoms. The van der Waals surface area contributed by atoms with Crippen molar-refractivity contribution in [3.63, 3.8) is 0 Å². The van der Waals surface area contributed by atoms with Gasteiger partial charge in [-0.25, -0.2) is 4.39 Å². The lowest BCUT2D eigenvalue weighted by Crippen LogP contribution is -2.17. The Labute approximate surface area is 95.3 Å².